The van der Waals surface area contributed by atoms with Gasteiger partial charge in [-0.05, 0) is 18.3 Å². The molecule has 0 N–H and O–H groups in total. The summed E-state index contributed by atoms with van der Waals surface area (Å²) in [6.45, 7) is 6.17. The maximum Gasteiger partial charge on any atom is 0.146 e. The van der Waals surface area contributed by atoms with Gasteiger partial charge in [0, 0.05) is 11.3 Å². The Morgan fingerprint density at radius 2 is 1.85 bits per heavy atom. The first-order valence-electron chi connectivity index (χ1n) is 4.95. The van der Waals surface area contributed by atoms with Crippen LogP contribution < -0.4 is 0 Å². The van der Waals surface area contributed by atoms with Crippen LogP contribution in [0.5, 0.6) is 0 Å². The molecular weight excluding hydrogens is 164 g/mol. The summed E-state index contributed by atoms with van der Waals surface area (Å²) in [5.74, 6) is 0.469. The third kappa shape index (κ3) is 0.839. The Morgan fingerprint density at radius 1 is 1.23 bits per heavy atom. The van der Waals surface area contributed by atoms with E-state index in [0.717, 1.165) is 12.8 Å². The molecule has 0 saturated heterocycles. The second-order valence-corrected chi connectivity index (χ2v) is 5.21. The molecule has 2 aliphatic carbocycles. The van der Waals surface area contributed by atoms with Crippen molar-refractivity contribution >= 4 is 11.6 Å². The van der Waals surface area contributed by atoms with Crippen molar-refractivity contribution in [2.24, 2.45) is 16.7 Å². The quantitative estimate of drug-likeness (QED) is 0.534. The molecule has 2 atom stereocenters. The van der Waals surface area contributed by atoms with E-state index in [4.69, 9.17) is 0 Å². The van der Waals surface area contributed by atoms with Crippen LogP contribution in [0.2, 0.25) is 0 Å². The summed E-state index contributed by atoms with van der Waals surface area (Å²) in [6.07, 6.45) is 1.99. The van der Waals surface area contributed by atoms with Gasteiger partial charge in [0.2, 0.25) is 0 Å². The zero-order chi connectivity index (χ0) is 9.85. The molecule has 0 aromatic carbocycles. The fourth-order valence-corrected chi connectivity index (χ4v) is 3.04. The maximum absolute atomic E-state index is 11.8. The van der Waals surface area contributed by atoms with E-state index in [2.05, 4.69) is 13.8 Å². The lowest BCUT2D eigenvalue weighted by Crippen LogP contribution is -2.48. The number of hydrogen-bond donors (Lipinski definition) is 0. The van der Waals surface area contributed by atoms with Crippen molar-refractivity contribution in [1.29, 1.82) is 0 Å². The zero-order valence-corrected chi connectivity index (χ0v) is 8.52. The molecule has 2 rings (SSSR count). The lowest BCUT2D eigenvalue weighted by molar-refractivity contribution is -0.146. The van der Waals surface area contributed by atoms with E-state index in [0.29, 0.717) is 0 Å². The first-order chi connectivity index (χ1) is 5.89. The number of hydrogen-bond acceptors (Lipinski definition) is 2. The molecule has 2 nitrogen and oxygen atoms in total. The minimum atomic E-state index is -0.231. The molecule has 2 bridgehead atoms. The Balaban J connectivity index is 2.51. The van der Waals surface area contributed by atoms with Crippen LogP contribution in [-0.4, -0.2) is 11.6 Å². The van der Waals surface area contributed by atoms with Crippen LogP contribution in [0.3, 0.4) is 0 Å². The van der Waals surface area contributed by atoms with Crippen molar-refractivity contribution in [3.05, 3.63) is 0 Å². The highest BCUT2D eigenvalue weighted by atomic mass is 16.2. The summed E-state index contributed by atoms with van der Waals surface area (Å²) < 4.78 is 0. The number of fused-ring (bicyclic) bond motifs is 2. The Hall–Kier alpha value is -0.660. The first kappa shape index (κ1) is 8.92. The van der Waals surface area contributed by atoms with E-state index in [1.54, 1.807) is 0 Å². The normalized spacial score (nSPS) is 42.5. The van der Waals surface area contributed by atoms with Gasteiger partial charge in [-0.25, -0.2) is 0 Å². The number of carbonyl (C=O) groups is 2. The molecule has 0 unspecified atom stereocenters. The van der Waals surface area contributed by atoms with E-state index >= 15 is 0 Å². The Kier molecular flexibility index (Phi) is 1.53. The minimum absolute atomic E-state index is 0.112. The Labute approximate surface area is 78.7 Å². The van der Waals surface area contributed by atoms with Crippen molar-refractivity contribution < 1.29 is 9.59 Å². The van der Waals surface area contributed by atoms with Gasteiger partial charge in [0.25, 0.3) is 0 Å². The fraction of sp³-hybridized carbons (Fsp3) is 0.818. The second-order valence-electron chi connectivity index (χ2n) is 5.21. The molecule has 2 aliphatic rings. The van der Waals surface area contributed by atoms with Gasteiger partial charge in [-0.2, -0.15) is 0 Å². The van der Waals surface area contributed by atoms with Crippen molar-refractivity contribution in [3.8, 4) is 0 Å². The molecule has 2 heteroatoms. The second kappa shape index (κ2) is 2.23. The van der Waals surface area contributed by atoms with Crippen LogP contribution >= 0.6 is 0 Å². The average Bonchev–Trinajstić information content (AvgIpc) is 2.16. The molecule has 0 aromatic heterocycles. The summed E-state index contributed by atoms with van der Waals surface area (Å²) in [6, 6.07) is 0. The summed E-state index contributed by atoms with van der Waals surface area (Å²) in [5, 5.41) is 0. The summed E-state index contributed by atoms with van der Waals surface area (Å²) in [5.41, 5.74) is -0.342. The van der Waals surface area contributed by atoms with Crippen LogP contribution in [0, 0.1) is 16.7 Å². The number of Topliss-reactive ketones (excluding diaryl/α,β-unsaturated/α-hetero) is 2. The molecular formula is C11H16O2. The summed E-state index contributed by atoms with van der Waals surface area (Å²) in [7, 11) is 0. The highest BCUT2D eigenvalue weighted by Crippen LogP contribution is 2.59. The lowest BCUT2D eigenvalue weighted by atomic mass is 9.58. The molecule has 0 amide bonds. The molecule has 0 aromatic rings. The number of ketones is 2. The van der Waals surface area contributed by atoms with Gasteiger partial charge in [-0.3, -0.25) is 9.59 Å². The smallest absolute Gasteiger partial charge is 0.146 e. The molecule has 2 saturated carbocycles. The van der Waals surface area contributed by atoms with E-state index < -0.39 is 0 Å². The highest BCUT2D eigenvalue weighted by Gasteiger charge is 2.60. The molecule has 0 spiro atoms. The van der Waals surface area contributed by atoms with E-state index in [1.807, 2.05) is 6.92 Å². The van der Waals surface area contributed by atoms with Crippen molar-refractivity contribution in [3.63, 3.8) is 0 Å². The van der Waals surface area contributed by atoms with Gasteiger partial charge in [0.05, 0.1) is 6.42 Å². The molecule has 2 fully saturated rings. The predicted octanol–water partition coefficient (Wildman–Crippen LogP) is 1.97. The predicted molar refractivity (Wildman–Crippen MR) is 49.2 cm³/mol. The SMILES string of the molecule is CC1(C)[C@H]2CC[C@]1(C)C(=O)CC2=O. The zero-order valence-electron chi connectivity index (χ0n) is 8.52. The van der Waals surface area contributed by atoms with E-state index in [-0.39, 0.29) is 34.7 Å². The van der Waals surface area contributed by atoms with Gasteiger partial charge < -0.3 is 0 Å². The Bertz CT molecular complexity index is 290. The lowest BCUT2D eigenvalue weighted by Gasteiger charge is -2.43. The Morgan fingerprint density at radius 3 is 2.46 bits per heavy atom. The van der Waals surface area contributed by atoms with Crippen LogP contribution in [0.25, 0.3) is 0 Å². The van der Waals surface area contributed by atoms with Gasteiger partial charge in [-0.1, -0.05) is 20.8 Å². The average molecular weight is 180 g/mol. The standard InChI is InChI=1S/C11H16O2/c1-10(2)7-4-5-11(10,3)9(13)6-8(7)12/h7H,4-6H2,1-3H3/t7-,11+/m0/s1. The van der Waals surface area contributed by atoms with Gasteiger partial charge >= 0.3 is 0 Å². The highest BCUT2D eigenvalue weighted by molar-refractivity contribution is 6.07. The molecule has 13 heavy (non-hydrogen) atoms. The van der Waals surface area contributed by atoms with Gasteiger partial charge in [-0.15, -0.1) is 0 Å². The van der Waals surface area contributed by atoms with Crippen LogP contribution in [0.4, 0.5) is 0 Å². The largest absolute Gasteiger partial charge is 0.299 e. The fourth-order valence-electron chi connectivity index (χ4n) is 3.04. The first-order valence-corrected chi connectivity index (χ1v) is 4.95. The van der Waals surface area contributed by atoms with Crippen molar-refractivity contribution in [1.82, 2.24) is 0 Å². The molecule has 0 aliphatic heterocycles. The maximum atomic E-state index is 11.8. The number of carbonyl (C=O) groups excluding carboxylic acids is 2. The number of rotatable bonds is 0. The van der Waals surface area contributed by atoms with Gasteiger partial charge in [0.15, 0.2) is 0 Å². The molecule has 0 heterocycles. The van der Waals surface area contributed by atoms with E-state index in [1.165, 1.54) is 0 Å². The molecule has 0 radical (unpaired) electrons. The third-order valence-corrected chi connectivity index (χ3v) is 4.57. The molecule has 72 valence electrons. The van der Waals surface area contributed by atoms with Crippen LogP contribution in [-0.2, 0) is 9.59 Å². The minimum Gasteiger partial charge on any atom is -0.299 e. The summed E-state index contributed by atoms with van der Waals surface area (Å²) >= 11 is 0. The third-order valence-electron chi connectivity index (χ3n) is 4.57. The monoisotopic (exact) mass is 180 g/mol. The van der Waals surface area contributed by atoms with Gasteiger partial charge in [0.1, 0.15) is 11.6 Å². The van der Waals surface area contributed by atoms with Crippen molar-refractivity contribution in [2.75, 3.05) is 0 Å². The van der Waals surface area contributed by atoms with Crippen molar-refractivity contribution in [2.45, 2.75) is 40.0 Å². The topological polar surface area (TPSA) is 34.1 Å². The van der Waals surface area contributed by atoms with E-state index in [9.17, 15) is 9.59 Å². The van der Waals surface area contributed by atoms with Crippen LogP contribution in [0.1, 0.15) is 40.0 Å². The van der Waals surface area contributed by atoms with Crippen LogP contribution in [0.15, 0.2) is 0 Å². The summed E-state index contributed by atoms with van der Waals surface area (Å²) in [4.78, 5) is 23.4.